The first-order valence-corrected chi connectivity index (χ1v) is 7.02. The van der Waals surface area contributed by atoms with Gasteiger partial charge in [0.1, 0.15) is 5.75 Å². The number of hydrogen-bond donors (Lipinski definition) is 0. The van der Waals surface area contributed by atoms with Crippen LogP contribution in [0.25, 0.3) is 0 Å². The molecule has 0 amide bonds. The number of ketones is 1. The normalized spacial score (nSPS) is 14.1. The number of rotatable bonds is 4. The van der Waals surface area contributed by atoms with E-state index < -0.39 is 0 Å². The summed E-state index contributed by atoms with van der Waals surface area (Å²) in [4.78, 5) is 12.6. The maximum atomic E-state index is 12.6. The molecule has 0 aromatic heterocycles. The van der Waals surface area contributed by atoms with Gasteiger partial charge in [-0.1, -0.05) is 29.8 Å². The average molecular weight is 266 g/mol. The molecular formula is C18H18O2. The Kier molecular flexibility index (Phi) is 3.31. The van der Waals surface area contributed by atoms with Gasteiger partial charge in [-0.25, -0.2) is 0 Å². The summed E-state index contributed by atoms with van der Waals surface area (Å²) in [7, 11) is 0. The number of carbonyl (C=O) groups is 1. The zero-order valence-corrected chi connectivity index (χ0v) is 11.8. The number of aryl methyl sites for hydroxylation is 2. The van der Waals surface area contributed by atoms with Gasteiger partial charge in [-0.3, -0.25) is 4.79 Å². The molecule has 2 heteroatoms. The van der Waals surface area contributed by atoms with Gasteiger partial charge >= 0.3 is 0 Å². The first-order valence-electron chi connectivity index (χ1n) is 7.02. The minimum Gasteiger partial charge on any atom is -0.490 e. The Balaban J connectivity index is 1.91. The van der Waals surface area contributed by atoms with E-state index in [4.69, 9.17) is 4.74 Å². The Morgan fingerprint density at radius 1 is 1.10 bits per heavy atom. The van der Waals surface area contributed by atoms with Crippen molar-refractivity contribution in [2.75, 3.05) is 0 Å². The third kappa shape index (κ3) is 2.74. The first kappa shape index (κ1) is 12.9. The third-order valence-corrected chi connectivity index (χ3v) is 3.56. The molecule has 1 fully saturated rings. The molecule has 1 aliphatic carbocycles. The highest BCUT2D eigenvalue weighted by Gasteiger charge is 2.23. The predicted octanol–water partition coefficient (Wildman–Crippen LogP) is 4.08. The molecule has 1 saturated carbocycles. The molecule has 0 spiro atoms. The molecule has 0 bridgehead atoms. The first-order chi connectivity index (χ1) is 9.63. The third-order valence-electron chi connectivity index (χ3n) is 3.56. The molecule has 0 radical (unpaired) electrons. The largest absolute Gasteiger partial charge is 0.490 e. The Bertz CT molecular complexity index is 654. The van der Waals surface area contributed by atoms with Crippen molar-refractivity contribution in [1.29, 1.82) is 0 Å². The van der Waals surface area contributed by atoms with Crippen LogP contribution in [-0.2, 0) is 0 Å². The Labute approximate surface area is 119 Å². The molecule has 0 unspecified atom stereocenters. The summed E-state index contributed by atoms with van der Waals surface area (Å²) in [5.41, 5.74) is 3.57. The fraction of sp³-hybridized carbons (Fsp3) is 0.278. The van der Waals surface area contributed by atoms with Crippen LogP contribution < -0.4 is 4.74 Å². The molecule has 2 aromatic carbocycles. The Morgan fingerprint density at radius 3 is 2.65 bits per heavy atom. The van der Waals surface area contributed by atoms with Crippen molar-refractivity contribution in [1.82, 2.24) is 0 Å². The monoisotopic (exact) mass is 266 g/mol. The van der Waals surface area contributed by atoms with Crippen molar-refractivity contribution >= 4 is 5.78 Å². The van der Waals surface area contributed by atoms with Crippen LogP contribution in [0.1, 0.15) is 39.9 Å². The van der Waals surface area contributed by atoms with E-state index in [0.29, 0.717) is 11.7 Å². The van der Waals surface area contributed by atoms with E-state index in [9.17, 15) is 4.79 Å². The number of hydrogen-bond acceptors (Lipinski definition) is 2. The maximum absolute atomic E-state index is 12.6. The molecule has 1 aliphatic rings. The SMILES string of the molecule is Cc1ccc(C)c(C(=O)c2cccc(OC3CC3)c2)c1. The van der Waals surface area contributed by atoms with Crippen LogP contribution in [0, 0.1) is 13.8 Å². The van der Waals surface area contributed by atoms with E-state index in [2.05, 4.69) is 0 Å². The average Bonchev–Trinajstić information content (AvgIpc) is 3.25. The van der Waals surface area contributed by atoms with Gasteiger partial charge in [0, 0.05) is 11.1 Å². The minimum absolute atomic E-state index is 0.0625. The van der Waals surface area contributed by atoms with Crippen molar-refractivity contribution < 1.29 is 9.53 Å². The van der Waals surface area contributed by atoms with E-state index in [-0.39, 0.29) is 5.78 Å². The second kappa shape index (κ2) is 5.12. The molecule has 2 nitrogen and oxygen atoms in total. The van der Waals surface area contributed by atoms with Gasteiger partial charge in [0.15, 0.2) is 5.78 Å². The molecule has 0 heterocycles. The molecule has 0 N–H and O–H groups in total. The van der Waals surface area contributed by atoms with Crippen LogP contribution in [-0.4, -0.2) is 11.9 Å². The zero-order chi connectivity index (χ0) is 14.1. The van der Waals surface area contributed by atoms with Crippen molar-refractivity contribution in [2.45, 2.75) is 32.8 Å². The maximum Gasteiger partial charge on any atom is 0.193 e. The lowest BCUT2D eigenvalue weighted by atomic mass is 9.97. The molecule has 102 valence electrons. The summed E-state index contributed by atoms with van der Waals surface area (Å²) in [6, 6.07) is 13.5. The highest BCUT2D eigenvalue weighted by molar-refractivity contribution is 6.10. The van der Waals surface area contributed by atoms with E-state index in [1.165, 1.54) is 0 Å². The highest BCUT2D eigenvalue weighted by Crippen LogP contribution is 2.27. The Hall–Kier alpha value is -2.09. The molecule has 3 rings (SSSR count). The van der Waals surface area contributed by atoms with Gasteiger partial charge in [-0.05, 0) is 50.5 Å². The van der Waals surface area contributed by atoms with E-state index >= 15 is 0 Å². The molecule has 0 aliphatic heterocycles. The summed E-state index contributed by atoms with van der Waals surface area (Å²) in [5, 5.41) is 0. The van der Waals surface area contributed by atoms with Crippen LogP contribution in [0.3, 0.4) is 0 Å². The summed E-state index contributed by atoms with van der Waals surface area (Å²) in [6.07, 6.45) is 2.59. The van der Waals surface area contributed by atoms with Crippen molar-refractivity contribution in [3.63, 3.8) is 0 Å². The van der Waals surface area contributed by atoms with Crippen LogP contribution in [0.4, 0.5) is 0 Å². The second-order valence-corrected chi connectivity index (χ2v) is 5.49. The van der Waals surface area contributed by atoms with E-state index in [0.717, 1.165) is 35.3 Å². The molecule has 0 atom stereocenters. The van der Waals surface area contributed by atoms with Crippen LogP contribution in [0.15, 0.2) is 42.5 Å². The number of ether oxygens (including phenoxy) is 1. The van der Waals surface area contributed by atoms with E-state index in [1.807, 2.05) is 56.3 Å². The number of carbonyl (C=O) groups excluding carboxylic acids is 1. The molecule has 0 saturated heterocycles. The molecule has 2 aromatic rings. The lowest BCUT2D eigenvalue weighted by Gasteiger charge is -2.09. The second-order valence-electron chi connectivity index (χ2n) is 5.49. The van der Waals surface area contributed by atoms with Crippen LogP contribution in [0.5, 0.6) is 5.75 Å². The van der Waals surface area contributed by atoms with Crippen LogP contribution >= 0.6 is 0 Å². The Morgan fingerprint density at radius 2 is 1.90 bits per heavy atom. The van der Waals surface area contributed by atoms with Crippen LogP contribution in [0.2, 0.25) is 0 Å². The zero-order valence-electron chi connectivity index (χ0n) is 11.8. The standard InChI is InChI=1S/C18H18O2/c1-12-6-7-13(2)17(10-12)18(19)14-4-3-5-16(11-14)20-15-8-9-15/h3-7,10-11,15H,8-9H2,1-2H3. The fourth-order valence-corrected chi connectivity index (χ4v) is 2.22. The summed E-state index contributed by atoms with van der Waals surface area (Å²) in [5.74, 6) is 0.858. The summed E-state index contributed by atoms with van der Waals surface area (Å²) < 4.78 is 5.75. The van der Waals surface area contributed by atoms with Crippen molar-refractivity contribution in [3.05, 3.63) is 64.7 Å². The summed E-state index contributed by atoms with van der Waals surface area (Å²) >= 11 is 0. The van der Waals surface area contributed by atoms with Gasteiger partial charge < -0.3 is 4.74 Å². The van der Waals surface area contributed by atoms with Crippen molar-refractivity contribution in [2.24, 2.45) is 0 Å². The lowest BCUT2D eigenvalue weighted by Crippen LogP contribution is -2.05. The lowest BCUT2D eigenvalue weighted by molar-refractivity contribution is 0.103. The number of benzene rings is 2. The van der Waals surface area contributed by atoms with Gasteiger partial charge in [0.2, 0.25) is 0 Å². The fourth-order valence-electron chi connectivity index (χ4n) is 2.22. The van der Waals surface area contributed by atoms with Gasteiger partial charge in [-0.15, -0.1) is 0 Å². The van der Waals surface area contributed by atoms with Gasteiger partial charge in [-0.2, -0.15) is 0 Å². The molecular weight excluding hydrogens is 248 g/mol. The predicted molar refractivity (Wildman–Crippen MR) is 79.4 cm³/mol. The van der Waals surface area contributed by atoms with Crippen molar-refractivity contribution in [3.8, 4) is 5.75 Å². The highest BCUT2D eigenvalue weighted by atomic mass is 16.5. The topological polar surface area (TPSA) is 26.3 Å². The summed E-state index contributed by atoms with van der Waals surface area (Å²) in [6.45, 7) is 3.97. The van der Waals surface area contributed by atoms with Gasteiger partial charge in [0.25, 0.3) is 0 Å². The minimum atomic E-state index is 0.0625. The molecule has 20 heavy (non-hydrogen) atoms. The van der Waals surface area contributed by atoms with Gasteiger partial charge in [0.05, 0.1) is 6.10 Å². The quantitative estimate of drug-likeness (QED) is 0.780. The smallest absolute Gasteiger partial charge is 0.193 e. The van der Waals surface area contributed by atoms with E-state index in [1.54, 1.807) is 0 Å².